The van der Waals surface area contributed by atoms with Gasteiger partial charge in [0.1, 0.15) is 16.5 Å². The van der Waals surface area contributed by atoms with Gasteiger partial charge in [0.25, 0.3) is 0 Å². The lowest BCUT2D eigenvalue weighted by Gasteiger charge is -2.09. The highest BCUT2D eigenvalue weighted by atomic mass is 32.1. The number of hydrogen-bond donors (Lipinski definition) is 1. The zero-order chi connectivity index (χ0) is 11.4. The van der Waals surface area contributed by atoms with Crippen molar-refractivity contribution in [3.05, 3.63) is 30.5 Å². The van der Waals surface area contributed by atoms with E-state index in [0.29, 0.717) is 10.8 Å². The molecule has 0 atom stereocenters. The number of para-hydroxylation sites is 2. The van der Waals surface area contributed by atoms with Crippen molar-refractivity contribution in [1.82, 2.24) is 15.0 Å². The van der Waals surface area contributed by atoms with Gasteiger partial charge >= 0.3 is 0 Å². The smallest absolute Gasteiger partial charge is 0.188 e. The van der Waals surface area contributed by atoms with Crippen molar-refractivity contribution in [1.29, 1.82) is 0 Å². The second-order valence-corrected chi connectivity index (χ2v) is 3.50. The van der Waals surface area contributed by atoms with Gasteiger partial charge in [-0.3, -0.25) is 0 Å². The highest BCUT2D eigenvalue weighted by Gasteiger charge is 2.06. The van der Waals surface area contributed by atoms with Gasteiger partial charge in [-0.1, -0.05) is 17.3 Å². The molecule has 0 aliphatic carbocycles. The van der Waals surface area contributed by atoms with Crippen LogP contribution in [0, 0.1) is 0 Å². The summed E-state index contributed by atoms with van der Waals surface area (Å²) in [7, 11) is 1.57. The van der Waals surface area contributed by atoms with E-state index in [-0.39, 0.29) is 6.79 Å². The zero-order valence-electron chi connectivity index (χ0n) is 8.70. The van der Waals surface area contributed by atoms with Gasteiger partial charge in [0, 0.05) is 7.11 Å². The van der Waals surface area contributed by atoms with Gasteiger partial charge in [-0.15, -0.1) is 17.7 Å². The number of ether oxygens (including phenoxy) is 2. The van der Waals surface area contributed by atoms with Crippen molar-refractivity contribution in [2.75, 3.05) is 13.9 Å². The van der Waals surface area contributed by atoms with Crippen molar-refractivity contribution >= 4 is 12.6 Å². The summed E-state index contributed by atoms with van der Waals surface area (Å²) >= 11 is 4.10. The van der Waals surface area contributed by atoms with Crippen LogP contribution in [0.3, 0.4) is 0 Å². The Bertz CT molecular complexity index is 473. The molecule has 84 valence electrons. The summed E-state index contributed by atoms with van der Waals surface area (Å²) in [6.45, 7) is 0.194. The average molecular weight is 237 g/mol. The number of thiol groups is 1. The van der Waals surface area contributed by atoms with Crippen LogP contribution in [0.2, 0.25) is 0 Å². The van der Waals surface area contributed by atoms with Gasteiger partial charge in [0.15, 0.2) is 6.79 Å². The van der Waals surface area contributed by atoms with Crippen molar-refractivity contribution in [2.24, 2.45) is 0 Å². The third-order valence-corrected chi connectivity index (χ3v) is 2.13. The fourth-order valence-corrected chi connectivity index (χ4v) is 1.41. The van der Waals surface area contributed by atoms with Crippen LogP contribution >= 0.6 is 12.6 Å². The quantitative estimate of drug-likeness (QED) is 0.647. The van der Waals surface area contributed by atoms with Gasteiger partial charge in [-0.25, -0.2) is 4.68 Å². The Labute approximate surface area is 98.4 Å². The molecule has 0 saturated heterocycles. The van der Waals surface area contributed by atoms with Crippen molar-refractivity contribution in [3.63, 3.8) is 0 Å². The van der Waals surface area contributed by atoms with Crippen LogP contribution in [-0.2, 0) is 4.74 Å². The highest BCUT2D eigenvalue weighted by Crippen LogP contribution is 2.21. The molecule has 0 unspecified atom stereocenters. The Balaban J connectivity index is 2.32. The summed E-state index contributed by atoms with van der Waals surface area (Å²) in [4.78, 5) is 0. The van der Waals surface area contributed by atoms with Gasteiger partial charge in [-0.2, -0.15) is 0 Å². The first-order valence-corrected chi connectivity index (χ1v) is 5.08. The van der Waals surface area contributed by atoms with E-state index in [9.17, 15) is 0 Å². The molecule has 1 aromatic carbocycles. The number of hydrogen-bond acceptors (Lipinski definition) is 5. The number of methoxy groups -OCH3 is 1. The maximum absolute atomic E-state index is 5.41. The minimum absolute atomic E-state index is 0.194. The van der Waals surface area contributed by atoms with Gasteiger partial charge in [0.2, 0.25) is 0 Å². The molecule has 2 aromatic rings. The lowest BCUT2D eigenvalue weighted by molar-refractivity contribution is 0.0510. The first-order valence-electron chi connectivity index (χ1n) is 4.63. The lowest BCUT2D eigenvalue weighted by atomic mass is 10.3. The molecule has 0 aliphatic heterocycles. The summed E-state index contributed by atoms with van der Waals surface area (Å²) in [5, 5.41) is 8.29. The van der Waals surface area contributed by atoms with Crippen LogP contribution in [0.1, 0.15) is 0 Å². The molecular formula is C10H11N3O2S. The molecule has 0 amide bonds. The summed E-state index contributed by atoms with van der Waals surface area (Å²) in [5.74, 6) is 0.683. The average Bonchev–Trinajstić information content (AvgIpc) is 2.73. The first-order chi connectivity index (χ1) is 7.81. The molecule has 0 aliphatic rings. The predicted octanol–water partition coefficient (Wildman–Crippen LogP) is 1.54. The second-order valence-electron chi connectivity index (χ2n) is 3.04. The molecule has 16 heavy (non-hydrogen) atoms. The molecule has 2 rings (SSSR count). The van der Waals surface area contributed by atoms with Crippen molar-refractivity contribution in [3.8, 4) is 11.4 Å². The number of aromatic nitrogens is 3. The maximum Gasteiger partial charge on any atom is 0.188 e. The van der Waals surface area contributed by atoms with E-state index in [4.69, 9.17) is 9.47 Å². The third kappa shape index (κ3) is 2.34. The monoisotopic (exact) mass is 237 g/mol. The Morgan fingerprint density at radius 1 is 1.38 bits per heavy atom. The molecule has 6 heteroatoms. The van der Waals surface area contributed by atoms with E-state index in [1.165, 1.54) is 0 Å². The summed E-state index contributed by atoms with van der Waals surface area (Å²) in [6.07, 6.45) is 1.71. The van der Waals surface area contributed by atoms with Gasteiger partial charge < -0.3 is 9.47 Å². The van der Waals surface area contributed by atoms with Crippen LogP contribution in [0.4, 0.5) is 0 Å². The molecule has 1 heterocycles. The minimum Gasteiger partial charge on any atom is -0.465 e. The van der Waals surface area contributed by atoms with E-state index < -0.39 is 0 Å². The zero-order valence-corrected chi connectivity index (χ0v) is 9.59. The second kappa shape index (κ2) is 5.00. The van der Waals surface area contributed by atoms with Crippen LogP contribution < -0.4 is 4.74 Å². The third-order valence-electron chi connectivity index (χ3n) is 1.93. The Kier molecular flexibility index (Phi) is 3.43. The fourth-order valence-electron chi connectivity index (χ4n) is 1.26. The summed E-state index contributed by atoms with van der Waals surface area (Å²) < 4.78 is 11.9. The number of nitrogens with zero attached hydrogens (tertiary/aromatic N) is 3. The number of benzene rings is 1. The standard InChI is InChI=1S/C10H11N3O2S/c1-14-7-15-9-5-3-2-4-8(9)13-6-10(16)11-12-13/h2-6,16H,7H2,1H3. The van der Waals surface area contributed by atoms with Crippen LogP contribution in [0.25, 0.3) is 5.69 Å². The largest absolute Gasteiger partial charge is 0.465 e. The van der Waals surface area contributed by atoms with Crippen molar-refractivity contribution in [2.45, 2.75) is 5.03 Å². The molecule has 0 N–H and O–H groups in total. The van der Waals surface area contributed by atoms with E-state index in [2.05, 4.69) is 22.9 Å². The molecule has 0 radical (unpaired) electrons. The summed E-state index contributed by atoms with van der Waals surface area (Å²) in [6, 6.07) is 7.50. The van der Waals surface area contributed by atoms with Gasteiger partial charge in [-0.05, 0) is 12.1 Å². The van der Waals surface area contributed by atoms with Crippen LogP contribution in [0.5, 0.6) is 5.75 Å². The Hall–Kier alpha value is -1.53. The molecule has 0 fully saturated rings. The normalized spacial score (nSPS) is 10.4. The van der Waals surface area contributed by atoms with E-state index in [1.807, 2.05) is 24.3 Å². The molecule has 0 saturated carbocycles. The van der Waals surface area contributed by atoms with E-state index in [1.54, 1.807) is 18.0 Å². The Morgan fingerprint density at radius 2 is 2.19 bits per heavy atom. The topological polar surface area (TPSA) is 49.2 Å². The van der Waals surface area contributed by atoms with Gasteiger partial charge in [0.05, 0.1) is 6.20 Å². The summed E-state index contributed by atoms with van der Waals surface area (Å²) in [5.41, 5.74) is 0.798. The Morgan fingerprint density at radius 3 is 2.88 bits per heavy atom. The van der Waals surface area contributed by atoms with E-state index >= 15 is 0 Å². The predicted molar refractivity (Wildman–Crippen MR) is 61.1 cm³/mol. The molecule has 0 bridgehead atoms. The highest BCUT2D eigenvalue weighted by molar-refractivity contribution is 7.80. The molecule has 1 aromatic heterocycles. The van der Waals surface area contributed by atoms with E-state index in [0.717, 1.165) is 5.69 Å². The molecule has 0 spiro atoms. The number of rotatable bonds is 4. The molecular weight excluding hydrogens is 226 g/mol. The minimum atomic E-state index is 0.194. The lowest BCUT2D eigenvalue weighted by Crippen LogP contribution is -2.04. The van der Waals surface area contributed by atoms with Crippen molar-refractivity contribution < 1.29 is 9.47 Å². The fraction of sp³-hybridized carbons (Fsp3) is 0.200. The molecule has 5 nitrogen and oxygen atoms in total. The first kappa shape index (κ1) is 11.0. The van der Waals surface area contributed by atoms with Crippen LogP contribution in [-0.4, -0.2) is 28.9 Å². The SMILES string of the molecule is COCOc1ccccc1-n1cc(S)nn1. The van der Waals surface area contributed by atoms with Crippen LogP contribution in [0.15, 0.2) is 35.5 Å². The maximum atomic E-state index is 5.41.